The Balaban J connectivity index is 2.61. The lowest BCUT2D eigenvalue weighted by molar-refractivity contribution is 0.300. The molecule has 15 heavy (non-hydrogen) atoms. The van der Waals surface area contributed by atoms with Crippen molar-refractivity contribution in [2.45, 2.75) is 26.7 Å². The molecular weight excluding hydrogens is 186 g/mol. The number of aliphatic hydroxyl groups is 1. The second kappa shape index (κ2) is 4.07. The summed E-state index contributed by atoms with van der Waals surface area (Å²) in [7, 11) is 0. The molecule has 0 saturated carbocycles. The summed E-state index contributed by atoms with van der Waals surface area (Å²) in [6.07, 6.45) is 1.79. The fraction of sp³-hybridized carbons (Fsp3) is 0.385. The normalized spacial score (nSPS) is 11.1. The standard InChI is InChI=1S/C13H17NO/c1-3-10-4-5-13-12(8-10)11(6-7-15)9(2)14-13/h4-5,8,14-15H,3,6-7H2,1-2H3. The number of H-pyrrole nitrogens is 1. The fourth-order valence-corrected chi connectivity index (χ4v) is 2.08. The maximum Gasteiger partial charge on any atom is 0.0472 e. The molecule has 2 N–H and O–H groups in total. The summed E-state index contributed by atoms with van der Waals surface area (Å²) in [6.45, 7) is 4.44. The zero-order chi connectivity index (χ0) is 10.8. The maximum absolute atomic E-state index is 9.03. The number of aromatic nitrogens is 1. The molecule has 1 heterocycles. The molecule has 0 unspecified atom stereocenters. The number of benzene rings is 1. The maximum atomic E-state index is 9.03. The first-order valence-electron chi connectivity index (χ1n) is 5.47. The van der Waals surface area contributed by atoms with Crippen molar-refractivity contribution in [3.05, 3.63) is 35.0 Å². The molecule has 0 aliphatic carbocycles. The zero-order valence-corrected chi connectivity index (χ0v) is 9.30. The Morgan fingerprint density at radius 2 is 2.13 bits per heavy atom. The quantitative estimate of drug-likeness (QED) is 0.790. The van der Waals surface area contributed by atoms with E-state index in [1.165, 1.54) is 27.7 Å². The van der Waals surface area contributed by atoms with Crippen LogP contribution in [0.2, 0.25) is 0 Å². The van der Waals surface area contributed by atoms with E-state index in [-0.39, 0.29) is 6.61 Å². The Kier molecular flexibility index (Phi) is 2.78. The largest absolute Gasteiger partial charge is 0.396 e. The van der Waals surface area contributed by atoms with Gasteiger partial charge < -0.3 is 10.1 Å². The highest BCUT2D eigenvalue weighted by Gasteiger charge is 2.07. The SMILES string of the molecule is CCc1ccc2[nH]c(C)c(CCO)c2c1. The van der Waals surface area contributed by atoms with Gasteiger partial charge in [-0.2, -0.15) is 0 Å². The molecule has 0 bridgehead atoms. The van der Waals surface area contributed by atoms with Crippen molar-refractivity contribution in [3.8, 4) is 0 Å². The van der Waals surface area contributed by atoms with Crippen LogP contribution in [0.25, 0.3) is 10.9 Å². The molecule has 1 aromatic heterocycles. The number of aliphatic hydroxyl groups excluding tert-OH is 1. The predicted molar refractivity (Wildman–Crippen MR) is 63.2 cm³/mol. The third-order valence-corrected chi connectivity index (χ3v) is 2.95. The Hall–Kier alpha value is -1.28. The van der Waals surface area contributed by atoms with E-state index in [2.05, 4.69) is 37.0 Å². The summed E-state index contributed by atoms with van der Waals surface area (Å²) in [5.41, 5.74) is 4.95. The van der Waals surface area contributed by atoms with Gasteiger partial charge in [0.15, 0.2) is 0 Å². The Morgan fingerprint density at radius 3 is 2.80 bits per heavy atom. The van der Waals surface area contributed by atoms with Crippen LogP contribution < -0.4 is 0 Å². The third-order valence-electron chi connectivity index (χ3n) is 2.95. The molecule has 2 heteroatoms. The average molecular weight is 203 g/mol. The molecule has 0 aliphatic rings. The molecule has 1 aromatic carbocycles. The molecule has 0 atom stereocenters. The van der Waals surface area contributed by atoms with Gasteiger partial charge in [0.1, 0.15) is 0 Å². The predicted octanol–water partition coefficient (Wildman–Crippen LogP) is 2.57. The lowest BCUT2D eigenvalue weighted by Gasteiger charge is -2.00. The molecule has 2 aromatic rings. The van der Waals surface area contributed by atoms with Crippen molar-refractivity contribution in [3.63, 3.8) is 0 Å². The van der Waals surface area contributed by atoms with Crippen LogP contribution in [0.3, 0.4) is 0 Å². The van der Waals surface area contributed by atoms with Gasteiger partial charge in [0.25, 0.3) is 0 Å². The topological polar surface area (TPSA) is 36.0 Å². The molecule has 2 nitrogen and oxygen atoms in total. The second-order valence-corrected chi connectivity index (χ2v) is 3.94. The molecule has 2 rings (SSSR count). The van der Waals surface area contributed by atoms with Gasteiger partial charge >= 0.3 is 0 Å². The first-order valence-corrected chi connectivity index (χ1v) is 5.47. The van der Waals surface area contributed by atoms with E-state index < -0.39 is 0 Å². The van der Waals surface area contributed by atoms with Gasteiger partial charge in [-0.15, -0.1) is 0 Å². The van der Waals surface area contributed by atoms with Gasteiger partial charge in [-0.25, -0.2) is 0 Å². The van der Waals surface area contributed by atoms with Crippen molar-refractivity contribution in [2.75, 3.05) is 6.61 Å². The fourth-order valence-electron chi connectivity index (χ4n) is 2.08. The van der Waals surface area contributed by atoms with Crippen molar-refractivity contribution in [1.29, 1.82) is 0 Å². The van der Waals surface area contributed by atoms with Crippen molar-refractivity contribution in [2.24, 2.45) is 0 Å². The summed E-state index contributed by atoms with van der Waals surface area (Å²) in [5, 5.41) is 10.3. The van der Waals surface area contributed by atoms with Crippen molar-refractivity contribution >= 4 is 10.9 Å². The minimum atomic E-state index is 0.212. The highest BCUT2D eigenvalue weighted by atomic mass is 16.2. The summed E-state index contributed by atoms with van der Waals surface area (Å²) < 4.78 is 0. The Bertz CT molecular complexity index is 471. The van der Waals surface area contributed by atoms with Crippen LogP contribution >= 0.6 is 0 Å². The molecule has 0 saturated heterocycles. The first kappa shape index (κ1) is 10.2. The number of hydrogen-bond acceptors (Lipinski definition) is 1. The van der Waals surface area contributed by atoms with Gasteiger partial charge in [-0.1, -0.05) is 13.0 Å². The molecule has 80 valence electrons. The van der Waals surface area contributed by atoms with Crippen LogP contribution in [0.15, 0.2) is 18.2 Å². The van der Waals surface area contributed by atoms with Crippen LogP contribution in [0.5, 0.6) is 0 Å². The van der Waals surface area contributed by atoms with Crippen LogP contribution in [0.4, 0.5) is 0 Å². The number of hydrogen-bond donors (Lipinski definition) is 2. The number of rotatable bonds is 3. The van der Waals surface area contributed by atoms with Gasteiger partial charge in [-0.3, -0.25) is 0 Å². The van der Waals surface area contributed by atoms with Gasteiger partial charge in [0.2, 0.25) is 0 Å². The van der Waals surface area contributed by atoms with E-state index in [9.17, 15) is 0 Å². The summed E-state index contributed by atoms with van der Waals surface area (Å²) in [6, 6.07) is 6.51. The highest BCUT2D eigenvalue weighted by Crippen LogP contribution is 2.23. The van der Waals surface area contributed by atoms with Gasteiger partial charge in [0, 0.05) is 23.2 Å². The molecule has 0 fully saturated rings. The van der Waals surface area contributed by atoms with Crippen molar-refractivity contribution in [1.82, 2.24) is 4.98 Å². The van der Waals surface area contributed by atoms with Gasteiger partial charge in [0.05, 0.1) is 0 Å². The average Bonchev–Trinajstić information content (AvgIpc) is 2.55. The molecule has 0 amide bonds. The molecule has 0 radical (unpaired) electrons. The van der Waals surface area contributed by atoms with E-state index in [1.807, 2.05) is 0 Å². The van der Waals surface area contributed by atoms with Crippen LogP contribution in [-0.4, -0.2) is 16.7 Å². The lowest BCUT2D eigenvalue weighted by atomic mass is 10.0. The zero-order valence-electron chi connectivity index (χ0n) is 9.30. The van der Waals surface area contributed by atoms with Crippen molar-refractivity contribution < 1.29 is 5.11 Å². The number of aromatic amines is 1. The van der Waals surface area contributed by atoms with E-state index >= 15 is 0 Å². The first-order chi connectivity index (χ1) is 7.26. The summed E-state index contributed by atoms with van der Waals surface area (Å²) >= 11 is 0. The second-order valence-electron chi connectivity index (χ2n) is 3.94. The Morgan fingerprint density at radius 1 is 1.33 bits per heavy atom. The number of aryl methyl sites for hydroxylation is 2. The molecule has 0 spiro atoms. The van der Waals surface area contributed by atoms with Gasteiger partial charge in [-0.05, 0) is 43.0 Å². The van der Waals surface area contributed by atoms with Crippen LogP contribution in [0.1, 0.15) is 23.7 Å². The van der Waals surface area contributed by atoms with E-state index in [0.717, 1.165) is 12.8 Å². The minimum absolute atomic E-state index is 0.212. The van der Waals surface area contributed by atoms with E-state index in [0.29, 0.717) is 0 Å². The monoisotopic (exact) mass is 203 g/mol. The third kappa shape index (κ3) is 1.77. The number of nitrogens with one attached hydrogen (secondary N) is 1. The van der Waals surface area contributed by atoms with E-state index in [4.69, 9.17) is 5.11 Å². The minimum Gasteiger partial charge on any atom is -0.396 e. The molecular formula is C13H17NO. The Labute approximate surface area is 89.9 Å². The summed E-state index contributed by atoms with van der Waals surface area (Å²) in [4.78, 5) is 3.35. The van der Waals surface area contributed by atoms with Crippen LogP contribution in [0, 0.1) is 6.92 Å². The van der Waals surface area contributed by atoms with Crippen LogP contribution in [-0.2, 0) is 12.8 Å². The highest BCUT2D eigenvalue weighted by molar-refractivity contribution is 5.85. The lowest BCUT2D eigenvalue weighted by Crippen LogP contribution is -1.91. The number of fused-ring (bicyclic) bond motifs is 1. The smallest absolute Gasteiger partial charge is 0.0472 e. The van der Waals surface area contributed by atoms with E-state index in [1.54, 1.807) is 0 Å². The molecule has 0 aliphatic heterocycles. The summed E-state index contributed by atoms with van der Waals surface area (Å²) in [5.74, 6) is 0.